The molecule has 1 unspecified atom stereocenters. The molecule has 4 heteroatoms. The number of aliphatic hydroxyl groups is 1. The van der Waals surface area contributed by atoms with Crippen molar-refractivity contribution in [3.8, 4) is 5.75 Å². The van der Waals surface area contributed by atoms with Gasteiger partial charge in [-0.05, 0) is 45.1 Å². The van der Waals surface area contributed by atoms with Crippen LogP contribution in [-0.2, 0) is 0 Å². The molecule has 3 nitrogen and oxygen atoms in total. The highest BCUT2D eigenvalue weighted by Gasteiger charge is 2.06. The predicted molar refractivity (Wildman–Crippen MR) is 70.8 cm³/mol. The summed E-state index contributed by atoms with van der Waals surface area (Å²) in [6.45, 7) is 3.35. The Labute approximate surface area is 108 Å². The van der Waals surface area contributed by atoms with Crippen LogP contribution in [-0.4, -0.2) is 37.3 Å². The van der Waals surface area contributed by atoms with E-state index in [9.17, 15) is 5.11 Å². The van der Waals surface area contributed by atoms with E-state index in [1.165, 1.54) is 0 Å². The molecule has 1 aromatic rings. The van der Waals surface area contributed by atoms with Crippen LogP contribution in [0.15, 0.2) is 18.2 Å². The first kappa shape index (κ1) is 14.3. The number of benzene rings is 1. The fourth-order valence-electron chi connectivity index (χ4n) is 1.46. The Bertz CT molecular complexity index is 353. The Balaban J connectivity index is 2.49. The maximum absolute atomic E-state index is 9.41. The van der Waals surface area contributed by atoms with Gasteiger partial charge in [-0.3, -0.25) is 0 Å². The molecular formula is C13H20ClNO2. The lowest BCUT2D eigenvalue weighted by Gasteiger charge is -2.12. The minimum Gasteiger partial charge on any atom is -0.492 e. The fourth-order valence-corrected chi connectivity index (χ4v) is 1.70. The van der Waals surface area contributed by atoms with Crippen LogP contribution in [0.1, 0.15) is 25.0 Å². The van der Waals surface area contributed by atoms with Crippen LogP contribution in [0, 0.1) is 0 Å². The normalized spacial score (nSPS) is 12.8. The number of aliphatic hydroxyl groups excluding tert-OH is 1. The van der Waals surface area contributed by atoms with Gasteiger partial charge in [0, 0.05) is 6.54 Å². The van der Waals surface area contributed by atoms with Crippen LogP contribution in [0.5, 0.6) is 5.75 Å². The average molecular weight is 258 g/mol. The van der Waals surface area contributed by atoms with E-state index >= 15 is 0 Å². The molecule has 1 rings (SSSR count). The van der Waals surface area contributed by atoms with Crippen LogP contribution in [0.4, 0.5) is 0 Å². The number of nitrogens with zero attached hydrogens (tertiary/aromatic N) is 1. The van der Waals surface area contributed by atoms with E-state index in [1.54, 1.807) is 19.1 Å². The summed E-state index contributed by atoms with van der Waals surface area (Å²) >= 11 is 6.07. The Kier molecular flexibility index (Phi) is 5.75. The lowest BCUT2D eigenvalue weighted by Crippen LogP contribution is -2.15. The van der Waals surface area contributed by atoms with Crippen molar-refractivity contribution in [1.82, 2.24) is 4.90 Å². The van der Waals surface area contributed by atoms with Crippen molar-refractivity contribution >= 4 is 11.6 Å². The number of ether oxygens (including phenoxy) is 1. The van der Waals surface area contributed by atoms with Crippen molar-refractivity contribution in [2.45, 2.75) is 19.4 Å². The molecule has 0 saturated carbocycles. The van der Waals surface area contributed by atoms with Crippen LogP contribution >= 0.6 is 11.6 Å². The first-order valence-electron chi connectivity index (χ1n) is 5.75. The third-order valence-electron chi connectivity index (χ3n) is 2.45. The lowest BCUT2D eigenvalue weighted by atomic mass is 10.1. The molecule has 96 valence electrons. The smallest absolute Gasteiger partial charge is 0.137 e. The van der Waals surface area contributed by atoms with Gasteiger partial charge in [0.15, 0.2) is 0 Å². The maximum atomic E-state index is 9.41. The summed E-state index contributed by atoms with van der Waals surface area (Å²) in [5, 5.41) is 9.96. The molecule has 0 aliphatic carbocycles. The zero-order valence-corrected chi connectivity index (χ0v) is 11.4. The first-order chi connectivity index (χ1) is 8.00. The quantitative estimate of drug-likeness (QED) is 0.796. The second kappa shape index (κ2) is 6.84. The topological polar surface area (TPSA) is 32.7 Å². The maximum Gasteiger partial charge on any atom is 0.137 e. The second-order valence-corrected chi connectivity index (χ2v) is 4.78. The highest BCUT2D eigenvalue weighted by molar-refractivity contribution is 6.32. The van der Waals surface area contributed by atoms with Crippen LogP contribution < -0.4 is 4.74 Å². The molecule has 0 fully saturated rings. The van der Waals surface area contributed by atoms with E-state index in [2.05, 4.69) is 4.90 Å². The summed E-state index contributed by atoms with van der Waals surface area (Å²) in [7, 11) is 4.06. The van der Waals surface area contributed by atoms with Gasteiger partial charge in [-0.25, -0.2) is 0 Å². The summed E-state index contributed by atoms with van der Waals surface area (Å²) < 4.78 is 5.58. The van der Waals surface area contributed by atoms with Gasteiger partial charge in [0.25, 0.3) is 0 Å². The van der Waals surface area contributed by atoms with Gasteiger partial charge in [0.1, 0.15) is 5.75 Å². The van der Waals surface area contributed by atoms with Crippen LogP contribution in [0.25, 0.3) is 0 Å². The predicted octanol–water partition coefficient (Wildman–Crippen LogP) is 2.72. The molecule has 1 aromatic carbocycles. The molecule has 0 heterocycles. The molecule has 0 aromatic heterocycles. The van der Waals surface area contributed by atoms with Gasteiger partial charge >= 0.3 is 0 Å². The van der Waals surface area contributed by atoms with Gasteiger partial charge in [-0.2, -0.15) is 0 Å². The Morgan fingerprint density at radius 2 is 2.12 bits per heavy atom. The minimum atomic E-state index is -0.504. The highest BCUT2D eigenvalue weighted by Crippen LogP contribution is 2.27. The minimum absolute atomic E-state index is 0.504. The molecule has 0 aliphatic rings. The highest BCUT2D eigenvalue weighted by atomic mass is 35.5. The standard InChI is InChI=1S/C13H20ClNO2/c1-10(16)11-5-6-13(12(14)9-11)17-8-4-7-15(2)3/h5-6,9-10,16H,4,7-8H2,1-3H3. The molecular weight excluding hydrogens is 238 g/mol. The Morgan fingerprint density at radius 3 is 2.65 bits per heavy atom. The molecule has 1 atom stereocenters. The van der Waals surface area contributed by atoms with Gasteiger partial charge in [0.05, 0.1) is 17.7 Å². The third-order valence-corrected chi connectivity index (χ3v) is 2.74. The largest absolute Gasteiger partial charge is 0.492 e. The van der Waals surface area contributed by atoms with Crippen molar-refractivity contribution in [3.05, 3.63) is 28.8 Å². The molecule has 0 amide bonds. The van der Waals surface area contributed by atoms with E-state index in [1.807, 2.05) is 20.2 Å². The SMILES string of the molecule is CC(O)c1ccc(OCCCN(C)C)c(Cl)c1. The van der Waals surface area contributed by atoms with Crippen molar-refractivity contribution in [2.24, 2.45) is 0 Å². The van der Waals surface area contributed by atoms with E-state index in [-0.39, 0.29) is 0 Å². The van der Waals surface area contributed by atoms with Gasteiger partial charge in [0.2, 0.25) is 0 Å². The summed E-state index contributed by atoms with van der Waals surface area (Å²) in [4.78, 5) is 2.11. The number of rotatable bonds is 6. The van der Waals surface area contributed by atoms with E-state index in [0.29, 0.717) is 17.4 Å². The van der Waals surface area contributed by atoms with E-state index < -0.39 is 6.10 Å². The number of hydrogen-bond acceptors (Lipinski definition) is 3. The number of hydrogen-bond donors (Lipinski definition) is 1. The van der Waals surface area contributed by atoms with Crippen molar-refractivity contribution in [3.63, 3.8) is 0 Å². The summed E-state index contributed by atoms with van der Waals surface area (Å²) in [6.07, 6.45) is 0.455. The average Bonchev–Trinajstić information content (AvgIpc) is 2.25. The van der Waals surface area contributed by atoms with Crippen molar-refractivity contribution in [1.29, 1.82) is 0 Å². The van der Waals surface area contributed by atoms with Crippen molar-refractivity contribution in [2.75, 3.05) is 27.2 Å². The lowest BCUT2D eigenvalue weighted by molar-refractivity contribution is 0.199. The molecule has 1 N–H and O–H groups in total. The first-order valence-corrected chi connectivity index (χ1v) is 6.13. The zero-order valence-electron chi connectivity index (χ0n) is 10.6. The monoisotopic (exact) mass is 257 g/mol. The summed E-state index contributed by atoms with van der Waals surface area (Å²) in [6, 6.07) is 5.38. The van der Waals surface area contributed by atoms with E-state index in [0.717, 1.165) is 18.5 Å². The zero-order chi connectivity index (χ0) is 12.8. The molecule has 0 radical (unpaired) electrons. The summed E-state index contributed by atoms with van der Waals surface area (Å²) in [5.74, 6) is 0.676. The van der Waals surface area contributed by atoms with Crippen LogP contribution in [0.2, 0.25) is 5.02 Å². The van der Waals surface area contributed by atoms with Crippen LogP contribution in [0.3, 0.4) is 0 Å². The molecule has 17 heavy (non-hydrogen) atoms. The fraction of sp³-hybridized carbons (Fsp3) is 0.538. The molecule has 0 bridgehead atoms. The number of halogens is 1. The van der Waals surface area contributed by atoms with Gasteiger partial charge in [-0.1, -0.05) is 17.7 Å². The van der Waals surface area contributed by atoms with Gasteiger partial charge < -0.3 is 14.7 Å². The second-order valence-electron chi connectivity index (χ2n) is 4.37. The molecule has 0 aliphatic heterocycles. The molecule has 0 spiro atoms. The van der Waals surface area contributed by atoms with Gasteiger partial charge in [-0.15, -0.1) is 0 Å². The van der Waals surface area contributed by atoms with Crippen molar-refractivity contribution < 1.29 is 9.84 Å². The molecule has 0 saturated heterocycles. The Morgan fingerprint density at radius 1 is 1.41 bits per heavy atom. The third kappa shape index (κ3) is 4.94. The van der Waals surface area contributed by atoms with E-state index in [4.69, 9.17) is 16.3 Å². The Hall–Kier alpha value is -0.770. The summed E-state index contributed by atoms with van der Waals surface area (Å²) in [5.41, 5.74) is 0.802.